The van der Waals surface area contributed by atoms with E-state index in [0.717, 1.165) is 25.3 Å². The smallest absolute Gasteiger partial charge is 0.475 e. The van der Waals surface area contributed by atoms with Crippen molar-refractivity contribution in [3.05, 3.63) is 41.9 Å². The van der Waals surface area contributed by atoms with Gasteiger partial charge in [-0.2, -0.15) is 13.2 Å². The van der Waals surface area contributed by atoms with Gasteiger partial charge in [-0.1, -0.05) is 0 Å². The molecule has 2 aromatic heterocycles. The van der Waals surface area contributed by atoms with Crippen LogP contribution in [0.2, 0.25) is 0 Å². The third-order valence-electron chi connectivity index (χ3n) is 5.07. The number of rotatable bonds is 3. The number of nitrogens with zero attached hydrogens (tertiary/aromatic N) is 4. The van der Waals surface area contributed by atoms with Crippen molar-refractivity contribution >= 4 is 11.9 Å². The quantitative estimate of drug-likeness (QED) is 0.807. The largest absolute Gasteiger partial charge is 0.490 e. The van der Waals surface area contributed by atoms with Crippen molar-refractivity contribution in [2.24, 2.45) is 0 Å². The van der Waals surface area contributed by atoms with Gasteiger partial charge in [0.1, 0.15) is 5.82 Å². The molecular weight excluding hydrogens is 405 g/mol. The molecular formula is C19H23F3N4O4. The summed E-state index contributed by atoms with van der Waals surface area (Å²) in [5.74, 6) is -1.27. The van der Waals surface area contributed by atoms with Gasteiger partial charge in [0.2, 0.25) is 0 Å². The molecule has 164 valence electrons. The number of carbonyl (C=O) groups excluding carboxylic acids is 1. The molecule has 0 unspecified atom stereocenters. The average molecular weight is 428 g/mol. The van der Waals surface area contributed by atoms with Crippen LogP contribution in [0.3, 0.4) is 0 Å². The first-order valence-corrected chi connectivity index (χ1v) is 9.64. The number of imidazole rings is 1. The summed E-state index contributed by atoms with van der Waals surface area (Å²) in [5.41, 5.74) is 1.27. The summed E-state index contributed by atoms with van der Waals surface area (Å²) < 4.78 is 39.3. The van der Waals surface area contributed by atoms with Crippen molar-refractivity contribution in [2.45, 2.75) is 38.5 Å². The number of furan rings is 1. The molecule has 2 aliphatic heterocycles. The summed E-state index contributed by atoms with van der Waals surface area (Å²) in [4.78, 5) is 30.3. The number of carboxylic acids is 1. The van der Waals surface area contributed by atoms with Gasteiger partial charge in [-0.25, -0.2) is 9.78 Å². The zero-order chi connectivity index (χ0) is 21.7. The van der Waals surface area contributed by atoms with Gasteiger partial charge in [-0.05, 0) is 38.1 Å². The molecule has 0 radical (unpaired) electrons. The van der Waals surface area contributed by atoms with Gasteiger partial charge in [-0.15, -0.1) is 0 Å². The van der Waals surface area contributed by atoms with Gasteiger partial charge in [0.15, 0.2) is 5.76 Å². The number of alkyl halides is 3. The molecule has 0 aromatic carbocycles. The molecule has 0 aliphatic carbocycles. The van der Waals surface area contributed by atoms with Crippen LogP contribution in [-0.2, 0) is 24.3 Å². The SMILES string of the molecule is O=C(O)C(F)(F)F.O=C(c1ccco1)N1CCc2ncc(CN3CCCC3)n2CC1. The molecule has 8 nitrogen and oxygen atoms in total. The number of carbonyl (C=O) groups is 2. The molecule has 4 heterocycles. The minimum Gasteiger partial charge on any atom is -0.475 e. The number of amides is 1. The van der Waals surface area contributed by atoms with Gasteiger partial charge in [-0.3, -0.25) is 9.69 Å². The van der Waals surface area contributed by atoms with E-state index >= 15 is 0 Å². The molecule has 1 fully saturated rings. The molecule has 2 aromatic rings. The number of carboxylic acid groups (broad SMARTS) is 1. The zero-order valence-electron chi connectivity index (χ0n) is 16.3. The van der Waals surface area contributed by atoms with Crippen LogP contribution in [0, 0.1) is 0 Å². The van der Waals surface area contributed by atoms with Gasteiger partial charge in [0.25, 0.3) is 5.91 Å². The van der Waals surface area contributed by atoms with E-state index in [2.05, 4.69) is 14.5 Å². The summed E-state index contributed by atoms with van der Waals surface area (Å²) >= 11 is 0. The van der Waals surface area contributed by atoms with Crippen LogP contribution >= 0.6 is 0 Å². The number of aromatic nitrogens is 2. The number of hydrogen-bond acceptors (Lipinski definition) is 5. The van der Waals surface area contributed by atoms with Crippen molar-refractivity contribution in [3.8, 4) is 0 Å². The van der Waals surface area contributed by atoms with E-state index in [1.807, 2.05) is 11.1 Å². The minimum atomic E-state index is -5.08. The Hall–Kier alpha value is -2.82. The summed E-state index contributed by atoms with van der Waals surface area (Å²) in [6, 6.07) is 3.48. The highest BCUT2D eigenvalue weighted by Gasteiger charge is 2.38. The average Bonchev–Trinajstić information content (AvgIpc) is 3.43. The van der Waals surface area contributed by atoms with Crippen molar-refractivity contribution in [2.75, 3.05) is 26.2 Å². The molecule has 11 heteroatoms. The topological polar surface area (TPSA) is 91.8 Å². The molecule has 2 aliphatic rings. The maximum absolute atomic E-state index is 12.4. The molecule has 1 N–H and O–H groups in total. The monoisotopic (exact) mass is 428 g/mol. The second-order valence-corrected chi connectivity index (χ2v) is 7.12. The van der Waals surface area contributed by atoms with Crippen LogP contribution in [0.25, 0.3) is 0 Å². The predicted octanol–water partition coefficient (Wildman–Crippen LogP) is 2.40. The third kappa shape index (κ3) is 5.41. The number of hydrogen-bond donors (Lipinski definition) is 1. The Labute approximate surface area is 170 Å². The van der Waals surface area contributed by atoms with Crippen molar-refractivity contribution in [1.29, 1.82) is 0 Å². The van der Waals surface area contributed by atoms with Crippen LogP contribution in [0.1, 0.15) is 34.9 Å². The van der Waals surface area contributed by atoms with Gasteiger partial charge in [0, 0.05) is 38.8 Å². The lowest BCUT2D eigenvalue weighted by Gasteiger charge is -2.19. The highest BCUT2D eigenvalue weighted by atomic mass is 19.4. The molecule has 1 saturated heterocycles. The first-order valence-electron chi connectivity index (χ1n) is 9.64. The second kappa shape index (κ2) is 9.33. The van der Waals surface area contributed by atoms with E-state index in [1.54, 1.807) is 18.4 Å². The number of halogens is 3. The minimum absolute atomic E-state index is 0.0261. The van der Waals surface area contributed by atoms with Crippen LogP contribution < -0.4 is 0 Å². The Kier molecular flexibility index (Phi) is 6.80. The van der Waals surface area contributed by atoms with Crippen LogP contribution in [0.4, 0.5) is 13.2 Å². The lowest BCUT2D eigenvalue weighted by atomic mass is 10.3. The zero-order valence-corrected chi connectivity index (χ0v) is 16.3. The Balaban J connectivity index is 0.000000318. The fraction of sp³-hybridized carbons (Fsp3) is 0.526. The maximum Gasteiger partial charge on any atom is 0.490 e. The maximum atomic E-state index is 12.4. The summed E-state index contributed by atoms with van der Waals surface area (Å²) in [5, 5.41) is 7.12. The Morgan fingerprint density at radius 2 is 1.83 bits per heavy atom. The van der Waals surface area contributed by atoms with E-state index in [1.165, 1.54) is 31.6 Å². The Morgan fingerprint density at radius 1 is 1.13 bits per heavy atom. The van der Waals surface area contributed by atoms with E-state index in [-0.39, 0.29) is 5.91 Å². The lowest BCUT2D eigenvalue weighted by molar-refractivity contribution is -0.192. The van der Waals surface area contributed by atoms with Crippen molar-refractivity contribution < 1.29 is 32.3 Å². The van der Waals surface area contributed by atoms with Gasteiger partial charge < -0.3 is 19.0 Å². The predicted molar refractivity (Wildman–Crippen MR) is 98.7 cm³/mol. The molecule has 0 spiro atoms. The van der Waals surface area contributed by atoms with Crippen LogP contribution in [0.15, 0.2) is 29.0 Å². The fourth-order valence-corrected chi connectivity index (χ4v) is 3.55. The van der Waals surface area contributed by atoms with E-state index in [0.29, 0.717) is 18.8 Å². The van der Waals surface area contributed by atoms with E-state index < -0.39 is 12.1 Å². The molecule has 4 rings (SSSR count). The Morgan fingerprint density at radius 3 is 2.43 bits per heavy atom. The number of fused-ring (bicyclic) bond motifs is 1. The summed E-state index contributed by atoms with van der Waals surface area (Å²) in [6.45, 7) is 5.55. The number of likely N-dealkylation sites (tertiary alicyclic amines) is 1. The fourth-order valence-electron chi connectivity index (χ4n) is 3.55. The van der Waals surface area contributed by atoms with Crippen molar-refractivity contribution in [3.63, 3.8) is 0 Å². The normalized spacial score (nSPS) is 17.1. The molecule has 0 bridgehead atoms. The molecule has 1 amide bonds. The molecule has 0 atom stereocenters. The van der Waals surface area contributed by atoms with E-state index in [4.69, 9.17) is 14.3 Å². The highest BCUT2D eigenvalue weighted by Crippen LogP contribution is 2.18. The standard InChI is InChI=1S/C17H22N4O2.C2HF3O2/c22-17(15-4-3-11-23-15)20-8-5-16-18-12-14(21(16)10-9-20)13-19-6-1-2-7-19;3-2(4,5)1(6)7/h3-4,11-12H,1-2,5-10,13H2;(H,6,7). The third-order valence-corrected chi connectivity index (χ3v) is 5.07. The van der Waals surface area contributed by atoms with Gasteiger partial charge in [0.05, 0.1) is 12.0 Å². The first-order chi connectivity index (χ1) is 14.3. The number of aliphatic carboxylic acids is 1. The van der Waals surface area contributed by atoms with E-state index in [9.17, 15) is 18.0 Å². The first kappa shape index (κ1) is 21.9. The summed E-state index contributed by atoms with van der Waals surface area (Å²) in [7, 11) is 0. The Bertz CT molecular complexity index is 858. The van der Waals surface area contributed by atoms with Crippen LogP contribution in [-0.4, -0.2) is 68.7 Å². The van der Waals surface area contributed by atoms with Gasteiger partial charge >= 0.3 is 12.1 Å². The van der Waals surface area contributed by atoms with Crippen LogP contribution in [0.5, 0.6) is 0 Å². The van der Waals surface area contributed by atoms with Crippen molar-refractivity contribution in [1.82, 2.24) is 19.4 Å². The summed E-state index contributed by atoms with van der Waals surface area (Å²) in [6.07, 6.45) is 1.87. The lowest BCUT2D eigenvalue weighted by Crippen LogP contribution is -2.33. The molecule has 30 heavy (non-hydrogen) atoms. The second-order valence-electron chi connectivity index (χ2n) is 7.12. The molecule has 0 saturated carbocycles. The highest BCUT2D eigenvalue weighted by molar-refractivity contribution is 5.91.